The summed E-state index contributed by atoms with van der Waals surface area (Å²) in [6.07, 6.45) is 5.30. The molecule has 3 rings (SSSR count). The standard InChI is InChI=1S/C18H23N5O2/c19-18(22-9-5-15-3-1-2-7-20-15)23-12-14-4-8-21-17(11-14)25-16-6-10-24-13-16/h1-4,7-8,11,16H,5-6,9-10,12-13H2,(H3,19,22,23). The van der Waals surface area contributed by atoms with Crippen LogP contribution in [-0.2, 0) is 17.7 Å². The van der Waals surface area contributed by atoms with Crippen LogP contribution in [0.25, 0.3) is 0 Å². The topological polar surface area (TPSA) is 94.7 Å². The molecule has 132 valence electrons. The number of hydrogen-bond acceptors (Lipinski definition) is 5. The summed E-state index contributed by atoms with van der Waals surface area (Å²) in [4.78, 5) is 12.9. The van der Waals surface area contributed by atoms with Gasteiger partial charge in [-0.2, -0.15) is 0 Å². The van der Waals surface area contributed by atoms with Crippen molar-refractivity contribution in [2.45, 2.75) is 25.5 Å². The molecule has 1 aliphatic rings. The van der Waals surface area contributed by atoms with Gasteiger partial charge < -0.3 is 20.5 Å². The van der Waals surface area contributed by atoms with Gasteiger partial charge >= 0.3 is 0 Å². The molecule has 1 unspecified atom stereocenters. The molecule has 0 aromatic carbocycles. The number of hydrogen-bond donors (Lipinski definition) is 2. The predicted molar refractivity (Wildman–Crippen MR) is 95.4 cm³/mol. The van der Waals surface area contributed by atoms with Gasteiger partial charge in [-0.1, -0.05) is 6.07 Å². The fourth-order valence-electron chi connectivity index (χ4n) is 2.49. The molecule has 1 fully saturated rings. The number of pyridine rings is 2. The van der Waals surface area contributed by atoms with Crippen LogP contribution in [0.2, 0.25) is 0 Å². The van der Waals surface area contributed by atoms with Crippen molar-refractivity contribution in [2.24, 2.45) is 10.7 Å². The predicted octanol–water partition coefficient (Wildman–Crippen LogP) is 1.29. The highest BCUT2D eigenvalue weighted by atomic mass is 16.5. The molecule has 0 saturated carbocycles. The summed E-state index contributed by atoms with van der Waals surface area (Å²) in [6.45, 7) is 2.54. The number of aromatic nitrogens is 2. The van der Waals surface area contributed by atoms with Gasteiger partial charge in [0.25, 0.3) is 0 Å². The lowest BCUT2D eigenvalue weighted by molar-refractivity contribution is 0.138. The van der Waals surface area contributed by atoms with Crippen LogP contribution < -0.4 is 15.8 Å². The normalized spacial score (nSPS) is 17.4. The average Bonchev–Trinajstić information content (AvgIpc) is 3.14. The zero-order valence-electron chi connectivity index (χ0n) is 14.1. The van der Waals surface area contributed by atoms with Gasteiger partial charge in [0, 0.05) is 43.5 Å². The Morgan fingerprint density at radius 1 is 1.32 bits per heavy atom. The molecular weight excluding hydrogens is 318 g/mol. The van der Waals surface area contributed by atoms with Crippen molar-refractivity contribution in [3.05, 3.63) is 54.0 Å². The van der Waals surface area contributed by atoms with Crippen molar-refractivity contribution < 1.29 is 9.47 Å². The Balaban J connectivity index is 1.45. The number of nitrogens with two attached hydrogens (primary N) is 1. The average molecular weight is 341 g/mol. The van der Waals surface area contributed by atoms with Gasteiger partial charge in [-0.05, 0) is 23.8 Å². The summed E-state index contributed by atoms with van der Waals surface area (Å²) in [7, 11) is 0. The summed E-state index contributed by atoms with van der Waals surface area (Å²) < 4.78 is 11.1. The second-order valence-corrected chi connectivity index (χ2v) is 5.81. The van der Waals surface area contributed by atoms with E-state index in [4.69, 9.17) is 15.2 Å². The molecule has 0 amide bonds. The summed E-state index contributed by atoms with van der Waals surface area (Å²) in [5.41, 5.74) is 7.93. The summed E-state index contributed by atoms with van der Waals surface area (Å²) in [6, 6.07) is 9.66. The fraction of sp³-hybridized carbons (Fsp3) is 0.389. The van der Waals surface area contributed by atoms with Crippen LogP contribution in [0.15, 0.2) is 47.7 Å². The van der Waals surface area contributed by atoms with Gasteiger partial charge in [-0.25, -0.2) is 9.98 Å². The van der Waals surface area contributed by atoms with E-state index in [1.807, 2.05) is 30.3 Å². The van der Waals surface area contributed by atoms with Gasteiger partial charge in [0.1, 0.15) is 6.10 Å². The highest BCUT2D eigenvalue weighted by molar-refractivity contribution is 5.77. The number of guanidine groups is 1. The van der Waals surface area contributed by atoms with Crippen molar-refractivity contribution in [3.63, 3.8) is 0 Å². The first-order valence-electron chi connectivity index (χ1n) is 8.42. The van der Waals surface area contributed by atoms with Crippen LogP contribution in [-0.4, -0.2) is 41.8 Å². The molecule has 0 bridgehead atoms. The quantitative estimate of drug-likeness (QED) is 0.582. The maximum atomic E-state index is 5.91. The number of ether oxygens (including phenoxy) is 2. The number of nitrogens with one attached hydrogen (secondary N) is 1. The van der Waals surface area contributed by atoms with E-state index >= 15 is 0 Å². The molecule has 0 aliphatic carbocycles. The van der Waals surface area contributed by atoms with Crippen molar-refractivity contribution >= 4 is 5.96 Å². The molecule has 2 aromatic heterocycles. The molecule has 25 heavy (non-hydrogen) atoms. The minimum atomic E-state index is 0.0876. The van der Waals surface area contributed by atoms with Crippen LogP contribution in [0.4, 0.5) is 0 Å². The maximum absolute atomic E-state index is 5.91. The number of nitrogens with zero attached hydrogens (tertiary/aromatic N) is 3. The van der Waals surface area contributed by atoms with E-state index in [-0.39, 0.29) is 6.10 Å². The molecule has 7 heteroatoms. The third-order valence-electron chi connectivity index (χ3n) is 3.82. The lowest BCUT2D eigenvalue weighted by atomic mass is 10.2. The Bertz CT molecular complexity index is 687. The lowest BCUT2D eigenvalue weighted by Gasteiger charge is -2.11. The van der Waals surface area contributed by atoms with Gasteiger partial charge in [0.05, 0.1) is 19.8 Å². The Morgan fingerprint density at radius 3 is 3.08 bits per heavy atom. The Kier molecular flexibility index (Phi) is 6.17. The molecule has 1 atom stereocenters. The Hall–Kier alpha value is -2.67. The highest BCUT2D eigenvalue weighted by Gasteiger charge is 2.17. The van der Waals surface area contributed by atoms with E-state index < -0.39 is 0 Å². The minimum absolute atomic E-state index is 0.0876. The second-order valence-electron chi connectivity index (χ2n) is 5.81. The lowest BCUT2D eigenvalue weighted by Crippen LogP contribution is -2.33. The molecule has 2 aromatic rings. The SMILES string of the molecule is NC(=NCc1ccnc(OC2CCOC2)c1)NCCc1ccccn1. The summed E-state index contributed by atoms with van der Waals surface area (Å²) in [5.74, 6) is 1.02. The fourth-order valence-corrected chi connectivity index (χ4v) is 2.49. The summed E-state index contributed by atoms with van der Waals surface area (Å²) >= 11 is 0. The van der Waals surface area contributed by atoms with E-state index in [0.717, 1.165) is 30.7 Å². The molecule has 1 saturated heterocycles. The first-order valence-corrected chi connectivity index (χ1v) is 8.42. The van der Waals surface area contributed by atoms with Crippen molar-refractivity contribution in [3.8, 4) is 5.88 Å². The van der Waals surface area contributed by atoms with Crippen LogP contribution in [0.1, 0.15) is 17.7 Å². The van der Waals surface area contributed by atoms with E-state index in [2.05, 4.69) is 20.3 Å². The van der Waals surface area contributed by atoms with Gasteiger partial charge in [0.2, 0.25) is 5.88 Å². The zero-order chi connectivity index (χ0) is 17.3. The Morgan fingerprint density at radius 2 is 2.28 bits per heavy atom. The van der Waals surface area contributed by atoms with Crippen molar-refractivity contribution in [2.75, 3.05) is 19.8 Å². The number of aliphatic imine (C=N–C) groups is 1. The maximum Gasteiger partial charge on any atom is 0.213 e. The van der Waals surface area contributed by atoms with Gasteiger partial charge in [0.15, 0.2) is 5.96 Å². The first-order chi connectivity index (χ1) is 12.3. The molecule has 0 spiro atoms. The third kappa shape index (κ3) is 5.72. The molecule has 1 aliphatic heterocycles. The molecule has 0 radical (unpaired) electrons. The van der Waals surface area contributed by atoms with Crippen LogP contribution in [0.3, 0.4) is 0 Å². The molecule has 3 heterocycles. The zero-order valence-corrected chi connectivity index (χ0v) is 14.1. The van der Waals surface area contributed by atoms with Crippen LogP contribution in [0.5, 0.6) is 5.88 Å². The molecule has 7 nitrogen and oxygen atoms in total. The third-order valence-corrected chi connectivity index (χ3v) is 3.82. The van der Waals surface area contributed by atoms with Crippen LogP contribution in [0, 0.1) is 0 Å². The van der Waals surface area contributed by atoms with Gasteiger partial charge in [-0.3, -0.25) is 4.98 Å². The smallest absolute Gasteiger partial charge is 0.213 e. The van der Waals surface area contributed by atoms with Gasteiger partial charge in [-0.15, -0.1) is 0 Å². The minimum Gasteiger partial charge on any atom is -0.472 e. The van der Waals surface area contributed by atoms with Crippen molar-refractivity contribution in [1.29, 1.82) is 0 Å². The molecule has 3 N–H and O–H groups in total. The largest absolute Gasteiger partial charge is 0.472 e. The van der Waals surface area contributed by atoms with E-state index in [0.29, 0.717) is 31.5 Å². The van der Waals surface area contributed by atoms with Crippen molar-refractivity contribution in [1.82, 2.24) is 15.3 Å². The Labute approximate surface area is 147 Å². The molecular formula is C18H23N5O2. The van der Waals surface area contributed by atoms with Crippen LogP contribution >= 0.6 is 0 Å². The highest BCUT2D eigenvalue weighted by Crippen LogP contribution is 2.16. The number of rotatable bonds is 7. The van der Waals surface area contributed by atoms with E-state index in [1.54, 1.807) is 12.4 Å². The van der Waals surface area contributed by atoms with E-state index in [9.17, 15) is 0 Å². The first kappa shape index (κ1) is 17.2. The van der Waals surface area contributed by atoms with E-state index in [1.165, 1.54) is 0 Å². The monoisotopic (exact) mass is 341 g/mol. The second kappa shape index (κ2) is 8.98. The summed E-state index contributed by atoms with van der Waals surface area (Å²) in [5, 5.41) is 3.10.